The van der Waals surface area contributed by atoms with Crippen molar-refractivity contribution in [2.45, 2.75) is 26.3 Å². The Labute approximate surface area is 130 Å². The number of aromatic nitrogens is 2. The first-order valence-corrected chi connectivity index (χ1v) is 8.38. The lowest BCUT2D eigenvalue weighted by molar-refractivity contribution is 0.766. The molecule has 0 amide bonds. The fourth-order valence-corrected chi connectivity index (χ4v) is 2.79. The summed E-state index contributed by atoms with van der Waals surface area (Å²) in [4.78, 5) is 8.87. The van der Waals surface area contributed by atoms with Gasteiger partial charge in [0.2, 0.25) is 0 Å². The lowest BCUT2D eigenvalue weighted by Crippen LogP contribution is -2.17. The number of thioether (sulfide) groups is 1. The van der Waals surface area contributed by atoms with Gasteiger partial charge in [0.15, 0.2) is 5.82 Å². The van der Waals surface area contributed by atoms with Gasteiger partial charge in [-0.1, -0.05) is 37.3 Å². The highest BCUT2D eigenvalue weighted by atomic mass is 32.2. The van der Waals surface area contributed by atoms with Crippen molar-refractivity contribution in [3.8, 4) is 11.4 Å². The molecule has 0 radical (unpaired) electrons. The number of nitrogen functional groups attached to an aromatic ring is 1. The van der Waals surface area contributed by atoms with Gasteiger partial charge < -0.3 is 11.1 Å². The first kappa shape index (κ1) is 15.6. The van der Waals surface area contributed by atoms with Gasteiger partial charge in [-0.2, -0.15) is 11.8 Å². The van der Waals surface area contributed by atoms with Crippen LogP contribution >= 0.6 is 11.8 Å². The molecule has 0 bridgehead atoms. The van der Waals surface area contributed by atoms with E-state index in [1.165, 1.54) is 0 Å². The van der Waals surface area contributed by atoms with Crippen molar-refractivity contribution in [1.29, 1.82) is 0 Å². The molecule has 0 aliphatic carbocycles. The van der Waals surface area contributed by atoms with Gasteiger partial charge in [-0.05, 0) is 24.9 Å². The molecule has 0 aliphatic rings. The minimum absolute atomic E-state index is 0.363. The van der Waals surface area contributed by atoms with E-state index in [1.54, 1.807) is 6.07 Å². The fraction of sp³-hybridized carbons (Fsp3) is 0.375. The smallest absolute Gasteiger partial charge is 0.163 e. The Balaban J connectivity index is 2.09. The quantitative estimate of drug-likeness (QED) is 0.764. The van der Waals surface area contributed by atoms with Crippen molar-refractivity contribution in [1.82, 2.24) is 9.97 Å². The standard InChI is InChI=1S/C16H22N4S/c1-3-21-10-9-12(2)18-15-11-14(17)19-16(20-15)13-7-5-4-6-8-13/h4-8,11-12H,3,9-10H2,1-2H3,(H3,17,18,19,20). The first-order valence-electron chi connectivity index (χ1n) is 7.23. The minimum Gasteiger partial charge on any atom is -0.384 e. The fourth-order valence-electron chi connectivity index (χ4n) is 1.99. The Morgan fingerprint density at radius 1 is 1.24 bits per heavy atom. The maximum absolute atomic E-state index is 5.90. The molecule has 0 fully saturated rings. The normalized spacial score (nSPS) is 12.1. The number of nitrogens with one attached hydrogen (secondary N) is 1. The molecule has 112 valence electrons. The molecule has 5 heteroatoms. The molecule has 0 spiro atoms. The summed E-state index contributed by atoms with van der Waals surface area (Å²) >= 11 is 1.95. The predicted octanol–water partition coefficient (Wildman–Crippen LogP) is 3.67. The van der Waals surface area contributed by atoms with E-state index >= 15 is 0 Å². The number of nitrogens with two attached hydrogens (primary N) is 1. The van der Waals surface area contributed by atoms with Crippen molar-refractivity contribution >= 4 is 23.4 Å². The highest BCUT2D eigenvalue weighted by Crippen LogP contribution is 2.19. The van der Waals surface area contributed by atoms with E-state index in [4.69, 9.17) is 5.73 Å². The lowest BCUT2D eigenvalue weighted by atomic mass is 10.2. The maximum atomic E-state index is 5.90. The highest BCUT2D eigenvalue weighted by Gasteiger charge is 2.07. The maximum Gasteiger partial charge on any atom is 0.163 e. The van der Waals surface area contributed by atoms with E-state index in [-0.39, 0.29) is 0 Å². The van der Waals surface area contributed by atoms with E-state index in [0.717, 1.165) is 29.3 Å². The van der Waals surface area contributed by atoms with E-state index in [1.807, 2.05) is 42.1 Å². The van der Waals surface area contributed by atoms with Crippen molar-refractivity contribution in [2.75, 3.05) is 22.6 Å². The molecule has 1 unspecified atom stereocenters. The van der Waals surface area contributed by atoms with Crippen LogP contribution in [0.15, 0.2) is 36.4 Å². The SMILES string of the molecule is CCSCCC(C)Nc1cc(N)nc(-c2ccccc2)n1. The summed E-state index contributed by atoms with van der Waals surface area (Å²) in [7, 11) is 0. The van der Waals surface area contributed by atoms with E-state index in [2.05, 4.69) is 29.1 Å². The molecule has 3 N–H and O–H groups in total. The van der Waals surface area contributed by atoms with E-state index < -0.39 is 0 Å². The van der Waals surface area contributed by atoms with Gasteiger partial charge >= 0.3 is 0 Å². The Bertz CT molecular complexity index is 559. The van der Waals surface area contributed by atoms with Gasteiger partial charge in [-0.15, -0.1) is 0 Å². The topological polar surface area (TPSA) is 63.8 Å². The summed E-state index contributed by atoms with van der Waals surface area (Å²) in [5.41, 5.74) is 6.87. The third kappa shape index (κ3) is 4.93. The van der Waals surface area contributed by atoms with Crippen LogP contribution in [-0.4, -0.2) is 27.5 Å². The molecular formula is C16H22N4S. The zero-order valence-corrected chi connectivity index (χ0v) is 13.4. The van der Waals surface area contributed by atoms with Crippen LogP contribution in [0.5, 0.6) is 0 Å². The van der Waals surface area contributed by atoms with Crippen LogP contribution in [0.25, 0.3) is 11.4 Å². The van der Waals surface area contributed by atoms with E-state index in [9.17, 15) is 0 Å². The van der Waals surface area contributed by atoms with Crippen molar-refractivity contribution in [3.63, 3.8) is 0 Å². The van der Waals surface area contributed by atoms with Gasteiger partial charge in [0.25, 0.3) is 0 Å². The highest BCUT2D eigenvalue weighted by molar-refractivity contribution is 7.99. The number of hydrogen-bond acceptors (Lipinski definition) is 5. The number of benzene rings is 1. The average Bonchev–Trinajstić information content (AvgIpc) is 2.48. The second kappa shape index (κ2) is 7.88. The van der Waals surface area contributed by atoms with Crippen LogP contribution in [0.3, 0.4) is 0 Å². The molecule has 1 heterocycles. The number of rotatable bonds is 7. The lowest BCUT2D eigenvalue weighted by Gasteiger charge is -2.15. The molecule has 1 aromatic carbocycles. The summed E-state index contributed by atoms with van der Waals surface area (Å²) < 4.78 is 0. The largest absolute Gasteiger partial charge is 0.384 e. The summed E-state index contributed by atoms with van der Waals surface area (Å²) in [6, 6.07) is 12.0. The summed E-state index contributed by atoms with van der Waals surface area (Å²) in [6.45, 7) is 4.34. The second-order valence-corrected chi connectivity index (χ2v) is 6.29. The van der Waals surface area contributed by atoms with Crippen LogP contribution in [-0.2, 0) is 0 Å². The average molecular weight is 302 g/mol. The molecule has 2 rings (SSSR count). The molecule has 21 heavy (non-hydrogen) atoms. The van der Waals surface area contributed by atoms with Crippen LogP contribution in [0.2, 0.25) is 0 Å². The van der Waals surface area contributed by atoms with Gasteiger partial charge in [-0.25, -0.2) is 9.97 Å². The van der Waals surface area contributed by atoms with Crippen molar-refractivity contribution in [3.05, 3.63) is 36.4 Å². The second-order valence-electron chi connectivity index (χ2n) is 4.90. The Kier molecular flexibility index (Phi) is 5.87. The Morgan fingerprint density at radius 2 is 2.00 bits per heavy atom. The van der Waals surface area contributed by atoms with Crippen LogP contribution in [0.4, 0.5) is 11.6 Å². The molecule has 0 aliphatic heterocycles. The Morgan fingerprint density at radius 3 is 2.71 bits per heavy atom. The number of anilines is 2. The third-order valence-corrected chi connectivity index (χ3v) is 4.00. The van der Waals surface area contributed by atoms with Gasteiger partial charge in [-0.3, -0.25) is 0 Å². The zero-order chi connectivity index (χ0) is 15.1. The minimum atomic E-state index is 0.363. The molecule has 0 saturated heterocycles. The monoisotopic (exact) mass is 302 g/mol. The Hall–Kier alpha value is -1.75. The van der Waals surface area contributed by atoms with Gasteiger partial charge in [0.05, 0.1) is 0 Å². The molecule has 1 aromatic heterocycles. The van der Waals surface area contributed by atoms with Crippen LogP contribution in [0, 0.1) is 0 Å². The summed E-state index contributed by atoms with van der Waals surface area (Å²) in [6.07, 6.45) is 1.10. The summed E-state index contributed by atoms with van der Waals surface area (Å²) in [5.74, 6) is 4.24. The van der Waals surface area contributed by atoms with Gasteiger partial charge in [0, 0.05) is 17.7 Å². The number of hydrogen-bond donors (Lipinski definition) is 2. The number of nitrogens with zero attached hydrogens (tertiary/aromatic N) is 2. The molecule has 1 atom stereocenters. The van der Waals surface area contributed by atoms with Crippen molar-refractivity contribution in [2.24, 2.45) is 0 Å². The molecule has 0 saturated carbocycles. The first-order chi connectivity index (χ1) is 10.2. The zero-order valence-electron chi connectivity index (χ0n) is 12.5. The molecular weight excluding hydrogens is 280 g/mol. The molecule has 4 nitrogen and oxygen atoms in total. The third-order valence-electron chi connectivity index (χ3n) is 3.07. The summed E-state index contributed by atoms with van der Waals surface area (Å²) in [5, 5.41) is 3.41. The van der Waals surface area contributed by atoms with E-state index in [0.29, 0.717) is 17.7 Å². The van der Waals surface area contributed by atoms with Gasteiger partial charge in [0.1, 0.15) is 11.6 Å². The van der Waals surface area contributed by atoms with Crippen molar-refractivity contribution < 1.29 is 0 Å². The predicted molar refractivity (Wildman–Crippen MR) is 92.6 cm³/mol. The molecule has 2 aromatic rings. The van der Waals surface area contributed by atoms with Crippen LogP contribution < -0.4 is 11.1 Å². The van der Waals surface area contributed by atoms with Crippen LogP contribution in [0.1, 0.15) is 20.3 Å².